The lowest BCUT2D eigenvalue weighted by Crippen LogP contribution is -1.90. The molecule has 11 aromatic rings. The first-order valence-electron chi connectivity index (χ1n) is 18.0. The van der Waals surface area contributed by atoms with Crippen LogP contribution in [0.5, 0.6) is 0 Å². The number of nitrogens with zero attached hydrogens (tertiary/aromatic N) is 5. The van der Waals surface area contributed by atoms with Crippen molar-refractivity contribution >= 4 is 65.3 Å². The standard InChI is InChI=1S/C49H29N5/c1-2-6-42-36(4-1)28-41(29-51-42)47-22-17-40-27-35(15-20-44(40)53-47)34-14-19-43-39(26-34)16-21-45(52-43)37-11-9-33-25-38(12-10-32(33)24-37)46-18-13-31-8-7-30-5-3-23-50-48(30)49(31)54-46/h1-29H. The molecule has 0 aliphatic rings. The van der Waals surface area contributed by atoms with Crippen molar-refractivity contribution in [3.63, 3.8) is 0 Å². The zero-order chi connectivity index (χ0) is 35.6. The highest BCUT2D eigenvalue weighted by Crippen LogP contribution is 2.33. The van der Waals surface area contributed by atoms with Crippen LogP contribution in [0, 0.1) is 0 Å². The highest BCUT2D eigenvalue weighted by Gasteiger charge is 2.11. The fraction of sp³-hybridized carbons (Fsp3) is 0. The van der Waals surface area contributed by atoms with Gasteiger partial charge in [-0.1, -0.05) is 91.0 Å². The Morgan fingerprint density at radius 3 is 1.46 bits per heavy atom. The van der Waals surface area contributed by atoms with Gasteiger partial charge in [0.15, 0.2) is 0 Å². The van der Waals surface area contributed by atoms with E-state index in [-0.39, 0.29) is 0 Å². The molecule has 0 radical (unpaired) electrons. The van der Waals surface area contributed by atoms with Gasteiger partial charge in [0, 0.05) is 56.0 Å². The van der Waals surface area contributed by atoms with Crippen LogP contribution in [0.15, 0.2) is 176 Å². The van der Waals surface area contributed by atoms with Crippen molar-refractivity contribution in [2.45, 2.75) is 0 Å². The molecule has 0 fully saturated rings. The van der Waals surface area contributed by atoms with Gasteiger partial charge in [-0.2, -0.15) is 0 Å². The van der Waals surface area contributed by atoms with Crippen LogP contribution in [0.2, 0.25) is 0 Å². The third kappa shape index (κ3) is 5.22. The Morgan fingerprint density at radius 1 is 0.278 bits per heavy atom. The summed E-state index contributed by atoms with van der Waals surface area (Å²) in [5.41, 5.74) is 13.0. The van der Waals surface area contributed by atoms with Gasteiger partial charge in [0.1, 0.15) is 0 Å². The molecular weight excluding hydrogens is 659 g/mol. The van der Waals surface area contributed by atoms with Crippen LogP contribution in [0.4, 0.5) is 0 Å². The molecule has 54 heavy (non-hydrogen) atoms. The number of hydrogen-bond acceptors (Lipinski definition) is 5. The molecule has 0 atom stereocenters. The van der Waals surface area contributed by atoms with Crippen LogP contribution < -0.4 is 0 Å². The lowest BCUT2D eigenvalue weighted by molar-refractivity contribution is 1.35. The molecule has 0 aliphatic carbocycles. The molecule has 0 saturated heterocycles. The fourth-order valence-corrected chi connectivity index (χ4v) is 7.59. The van der Waals surface area contributed by atoms with E-state index in [1.165, 1.54) is 0 Å². The highest BCUT2D eigenvalue weighted by atomic mass is 14.8. The fourth-order valence-electron chi connectivity index (χ4n) is 7.59. The van der Waals surface area contributed by atoms with Gasteiger partial charge in [0.2, 0.25) is 0 Å². The molecule has 11 rings (SSSR count). The van der Waals surface area contributed by atoms with Gasteiger partial charge in [0.25, 0.3) is 0 Å². The Labute approximate surface area is 310 Å². The zero-order valence-electron chi connectivity index (χ0n) is 29.0. The first-order valence-corrected chi connectivity index (χ1v) is 18.0. The van der Waals surface area contributed by atoms with Crippen LogP contribution in [-0.4, -0.2) is 24.9 Å². The summed E-state index contributed by atoms with van der Waals surface area (Å²) in [6.07, 6.45) is 3.73. The van der Waals surface area contributed by atoms with Crippen LogP contribution in [0.25, 0.3) is 110 Å². The lowest BCUT2D eigenvalue weighted by atomic mass is 9.99. The largest absolute Gasteiger partial charge is 0.256 e. The minimum atomic E-state index is 0.919. The Bertz CT molecular complexity index is 3300. The molecule has 0 spiro atoms. The SMILES string of the molecule is c1ccc2ncc(-c3ccc4cc(-c5ccc6nc(-c7ccc8cc(-c9ccc%10ccc%11cccnc%11c%10n9)ccc8c7)ccc6c5)ccc4n3)cc2c1. The smallest absolute Gasteiger partial charge is 0.0972 e. The second-order valence-electron chi connectivity index (χ2n) is 13.8. The number of rotatable bonds is 4. The molecule has 5 heterocycles. The quantitative estimate of drug-likeness (QED) is 0.172. The molecule has 5 nitrogen and oxygen atoms in total. The van der Waals surface area contributed by atoms with Gasteiger partial charge in [-0.3, -0.25) is 9.97 Å². The van der Waals surface area contributed by atoms with E-state index in [1.54, 1.807) is 0 Å². The molecular formula is C49H29N5. The summed E-state index contributed by atoms with van der Waals surface area (Å²) in [5, 5.41) is 7.81. The predicted molar refractivity (Wildman–Crippen MR) is 222 cm³/mol. The molecule has 250 valence electrons. The van der Waals surface area contributed by atoms with Crippen molar-refractivity contribution in [2.24, 2.45) is 0 Å². The van der Waals surface area contributed by atoms with Crippen molar-refractivity contribution in [3.8, 4) is 44.9 Å². The zero-order valence-corrected chi connectivity index (χ0v) is 29.0. The normalized spacial score (nSPS) is 11.7. The van der Waals surface area contributed by atoms with Gasteiger partial charge in [-0.15, -0.1) is 0 Å². The minimum Gasteiger partial charge on any atom is -0.256 e. The molecule has 5 aromatic heterocycles. The lowest BCUT2D eigenvalue weighted by Gasteiger charge is -2.10. The maximum Gasteiger partial charge on any atom is 0.0972 e. The van der Waals surface area contributed by atoms with Gasteiger partial charge < -0.3 is 0 Å². The number of para-hydroxylation sites is 1. The number of aromatic nitrogens is 5. The number of hydrogen-bond donors (Lipinski definition) is 0. The van der Waals surface area contributed by atoms with E-state index in [9.17, 15) is 0 Å². The van der Waals surface area contributed by atoms with Crippen LogP contribution in [-0.2, 0) is 0 Å². The summed E-state index contributed by atoms with van der Waals surface area (Å²) in [5.74, 6) is 0. The van der Waals surface area contributed by atoms with Crippen LogP contribution in [0.3, 0.4) is 0 Å². The summed E-state index contributed by atoms with van der Waals surface area (Å²) in [4.78, 5) is 24.4. The van der Waals surface area contributed by atoms with E-state index in [4.69, 9.17) is 15.0 Å². The van der Waals surface area contributed by atoms with Crippen molar-refractivity contribution in [1.29, 1.82) is 0 Å². The summed E-state index contributed by atoms with van der Waals surface area (Å²) in [6, 6.07) is 57.4. The van der Waals surface area contributed by atoms with E-state index in [1.807, 2.05) is 36.7 Å². The molecule has 6 aromatic carbocycles. The number of benzene rings is 6. The van der Waals surface area contributed by atoms with E-state index in [0.717, 1.165) is 110 Å². The van der Waals surface area contributed by atoms with Crippen LogP contribution >= 0.6 is 0 Å². The third-order valence-corrected chi connectivity index (χ3v) is 10.5. The van der Waals surface area contributed by atoms with Crippen molar-refractivity contribution in [1.82, 2.24) is 24.9 Å². The predicted octanol–water partition coefficient (Wildman–Crippen LogP) is 12.2. The van der Waals surface area contributed by atoms with Gasteiger partial charge in [-0.25, -0.2) is 15.0 Å². The Balaban J connectivity index is 0.867. The molecule has 0 saturated carbocycles. The van der Waals surface area contributed by atoms with Crippen molar-refractivity contribution < 1.29 is 0 Å². The monoisotopic (exact) mass is 687 g/mol. The second kappa shape index (κ2) is 12.1. The van der Waals surface area contributed by atoms with Gasteiger partial charge in [-0.05, 0) is 94.7 Å². The number of fused-ring (bicyclic) bond motifs is 7. The number of pyridine rings is 5. The average Bonchev–Trinajstić information content (AvgIpc) is 3.25. The van der Waals surface area contributed by atoms with E-state index in [2.05, 4.69) is 149 Å². The van der Waals surface area contributed by atoms with E-state index < -0.39 is 0 Å². The summed E-state index contributed by atoms with van der Waals surface area (Å²) >= 11 is 0. The molecule has 0 aliphatic heterocycles. The molecule has 0 N–H and O–H groups in total. The molecule has 0 amide bonds. The van der Waals surface area contributed by atoms with E-state index in [0.29, 0.717) is 0 Å². The minimum absolute atomic E-state index is 0.919. The summed E-state index contributed by atoms with van der Waals surface area (Å²) < 4.78 is 0. The van der Waals surface area contributed by atoms with Crippen molar-refractivity contribution in [2.75, 3.05) is 0 Å². The van der Waals surface area contributed by atoms with E-state index >= 15 is 0 Å². The second-order valence-corrected chi connectivity index (χ2v) is 13.8. The maximum absolute atomic E-state index is 5.08. The molecule has 0 bridgehead atoms. The molecule has 0 unspecified atom stereocenters. The highest BCUT2D eigenvalue weighted by molar-refractivity contribution is 6.03. The summed E-state index contributed by atoms with van der Waals surface area (Å²) in [7, 11) is 0. The maximum atomic E-state index is 5.08. The third-order valence-electron chi connectivity index (χ3n) is 10.5. The molecule has 5 heteroatoms. The first kappa shape index (κ1) is 30.3. The Kier molecular flexibility index (Phi) is 6.79. The van der Waals surface area contributed by atoms with Gasteiger partial charge in [0.05, 0.1) is 44.7 Å². The topological polar surface area (TPSA) is 64.5 Å². The van der Waals surface area contributed by atoms with Crippen molar-refractivity contribution in [3.05, 3.63) is 176 Å². The summed E-state index contributed by atoms with van der Waals surface area (Å²) in [6.45, 7) is 0. The Morgan fingerprint density at radius 2 is 0.759 bits per heavy atom. The van der Waals surface area contributed by atoms with Gasteiger partial charge >= 0.3 is 0 Å². The first-order chi connectivity index (χ1) is 26.7. The van der Waals surface area contributed by atoms with Crippen LogP contribution in [0.1, 0.15) is 0 Å². The average molecular weight is 688 g/mol. The Hall–Kier alpha value is -7.37.